The number of alkyl halides is 6. The standard InChI is InChI=1S/C26H30N8O5.2C2HF3O2/c1-14(2)33-24-26(39)34(13-21(35)30-10-15-3-5-16(6-4-15)23(28)29)20(11-31-24)17-7-18(9-19(27)8-17)25(38)32-12-22(36)37;2*3-2(4,5)1(6)7/h3-9,11,14H,10,12-13,27H2,1-2H3,(H3,28,29)(H,30,35)(H,31,33)(H,32,38)(H,36,37);2*(H,6,7). The van der Waals surface area contributed by atoms with Gasteiger partial charge in [0, 0.05) is 35.0 Å². The number of carboxylic acid groups (broad SMARTS) is 3. The van der Waals surface area contributed by atoms with Gasteiger partial charge in [-0.3, -0.25) is 29.2 Å². The number of nitrogens with two attached hydrogens (primary N) is 2. The Labute approximate surface area is 294 Å². The van der Waals surface area contributed by atoms with Gasteiger partial charge in [0.25, 0.3) is 11.5 Å². The third-order valence-corrected chi connectivity index (χ3v) is 5.93. The van der Waals surface area contributed by atoms with E-state index in [2.05, 4.69) is 20.9 Å². The highest BCUT2D eigenvalue weighted by atomic mass is 19.4. The van der Waals surface area contributed by atoms with Crippen LogP contribution in [-0.4, -0.2) is 85.4 Å². The Hall–Kier alpha value is -6.68. The fourth-order valence-electron chi connectivity index (χ4n) is 3.64. The molecule has 0 saturated carbocycles. The predicted molar refractivity (Wildman–Crippen MR) is 174 cm³/mol. The Morgan fingerprint density at radius 2 is 1.42 bits per heavy atom. The van der Waals surface area contributed by atoms with E-state index in [9.17, 15) is 45.5 Å². The second-order valence-electron chi connectivity index (χ2n) is 10.6. The molecule has 2 aromatic carbocycles. The summed E-state index contributed by atoms with van der Waals surface area (Å²) in [4.78, 5) is 71.6. The van der Waals surface area contributed by atoms with E-state index < -0.39 is 54.2 Å². The highest BCUT2D eigenvalue weighted by Crippen LogP contribution is 2.23. The molecule has 0 bridgehead atoms. The Bertz CT molecular complexity index is 1860. The molecule has 0 aliphatic carbocycles. The Kier molecular flexibility index (Phi) is 16.0. The molecule has 3 rings (SSSR count). The number of carbonyl (C=O) groups is 5. The van der Waals surface area contributed by atoms with Crippen molar-refractivity contribution >= 4 is 47.1 Å². The third-order valence-electron chi connectivity index (χ3n) is 5.93. The Balaban J connectivity index is 0.000000845. The number of anilines is 2. The van der Waals surface area contributed by atoms with E-state index >= 15 is 0 Å². The molecule has 0 radical (unpaired) electrons. The zero-order chi connectivity index (χ0) is 40.8. The van der Waals surface area contributed by atoms with Gasteiger partial charge in [0.15, 0.2) is 5.82 Å². The second kappa shape index (κ2) is 19.1. The predicted octanol–water partition coefficient (Wildman–Crippen LogP) is 1.99. The smallest absolute Gasteiger partial charge is 0.480 e. The van der Waals surface area contributed by atoms with Gasteiger partial charge in [-0.05, 0) is 37.6 Å². The lowest BCUT2D eigenvalue weighted by atomic mass is 10.1. The minimum Gasteiger partial charge on any atom is -0.480 e. The second-order valence-corrected chi connectivity index (χ2v) is 10.6. The molecule has 0 aliphatic heterocycles. The number of amides is 2. The summed E-state index contributed by atoms with van der Waals surface area (Å²) in [7, 11) is 0. The molecule has 0 fully saturated rings. The largest absolute Gasteiger partial charge is 0.490 e. The van der Waals surface area contributed by atoms with Crippen LogP contribution in [0.4, 0.5) is 37.8 Å². The van der Waals surface area contributed by atoms with E-state index in [0.717, 1.165) is 5.56 Å². The van der Waals surface area contributed by atoms with E-state index in [1.807, 2.05) is 13.8 Å². The van der Waals surface area contributed by atoms with Crippen LogP contribution >= 0.6 is 0 Å². The summed E-state index contributed by atoms with van der Waals surface area (Å²) in [5.41, 5.74) is 13.1. The van der Waals surface area contributed by atoms with Crippen LogP contribution in [0, 0.1) is 5.41 Å². The van der Waals surface area contributed by atoms with Gasteiger partial charge < -0.3 is 42.7 Å². The van der Waals surface area contributed by atoms with Crippen molar-refractivity contribution in [1.82, 2.24) is 20.2 Å². The van der Waals surface area contributed by atoms with Crippen LogP contribution in [0.25, 0.3) is 11.3 Å². The van der Waals surface area contributed by atoms with E-state index in [0.29, 0.717) is 11.1 Å². The summed E-state index contributed by atoms with van der Waals surface area (Å²) in [5, 5.41) is 38.5. The summed E-state index contributed by atoms with van der Waals surface area (Å²) in [6, 6.07) is 11.0. The van der Waals surface area contributed by atoms with Crippen LogP contribution in [0.5, 0.6) is 0 Å². The van der Waals surface area contributed by atoms with Gasteiger partial charge in [-0.1, -0.05) is 24.3 Å². The number of nitrogen functional groups attached to an aromatic ring is 2. The molecule has 11 N–H and O–H groups in total. The summed E-state index contributed by atoms with van der Waals surface area (Å²) in [5.74, 6) is -7.87. The average molecular weight is 763 g/mol. The van der Waals surface area contributed by atoms with Crippen LogP contribution in [-0.2, 0) is 32.3 Å². The molecule has 0 atom stereocenters. The van der Waals surface area contributed by atoms with Crippen molar-refractivity contribution in [3.63, 3.8) is 0 Å². The number of hydrogen-bond donors (Lipinski definition) is 9. The first-order valence-corrected chi connectivity index (χ1v) is 14.4. The van der Waals surface area contributed by atoms with Crippen molar-refractivity contribution < 1.29 is 65.6 Å². The summed E-state index contributed by atoms with van der Waals surface area (Å²) in [6.07, 6.45) is -8.77. The highest BCUT2D eigenvalue weighted by molar-refractivity contribution is 5.98. The zero-order valence-electron chi connectivity index (χ0n) is 27.4. The molecular weight excluding hydrogens is 730 g/mol. The van der Waals surface area contributed by atoms with Gasteiger partial charge in [0.2, 0.25) is 5.91 Å². The van der Waals surface area contributed by atoms with Gasteiger partial charge in [-0.2, -0.15) is 26.3 Å². The van der Waals surface area contributed by atoms with Crippen molar-refractivity contribution in [2.45, 2.75) is 45.3 Å². The lowest BCUT2D eigenvalue weighted by Crippen LogP contribution is -2.35. The normalized spacial score (nSPS) is 10.8. The molecular formula is C30H32F6N8O9. The van der Waals surface area contributed by atoms with Crippen LogP contribution in [0.2, 0.25) is 0 Å². The maximum absolute atomic E-state index is 13.3. The topological polar surface area (TPSA) is 293 Å². The van der Waals surface area contributed by atoms with Gasteiger partial charge in [0.05, 0.1) is 11.9 Å². The van der Waals surface area contributed by atoms with Gasteiger partial charge in [-0.25, -0.2) is 14.6 Å². The summed E-state index contributed by atoms with van der Waals surface area (Å²) >= 11 is 0. The minimum absolute atomic E-state index is 0.0460. The number of nitrogens with zero attached hydrogens (tertiary/aromatic N) is 2. The first kappa shape index (κ1) is 44.3. The first-order valence-electron chi connectivity index (χ1n) is 14.4. The van der Waals surface area contributed by atoms with Crippen molar-refractivity contribution in [3.8, 4) is 11.3 Å². The Morgan fingerprint density at radius 3 is 1.87 bits per heavy atom. The first-order chi connectivity index (χ1) is 24.3. The maximum atomic E-state index is 13.3. The zero-order valence-corrected chi connectivity index (χ0v) is 27.4. The average Bonchev–Trinajstić information content (AvgIpc) is 3.04. The fraction of sp³-hybridized carbons (Fsp3) is 0.267. The van der Waals surface area contributed by atoms with Crippen molar-refractivity contribution in [1.29, 1.82) is 5.41 Å². The number of amidine groups is 1. The molecule has 0 unspecified atom stereocenters. The van der Waals surface area contributed by atoms with Gasteiger partial charge in [0.1, 0.15) is 18.9 Å². The van der Waals surface area contributed by atoms with E-state index in [-0.39, 0.29) is 47.7 Å². The summed E-state index contributed by atoms with van der Waals surface area (Å²) in [6.45, 7) is 2.91. The number of carbonyl (C=O) groups excluding carboxylic acids is 2. The molecule has 0 saturated heterocycles. The maximum Gasteiger partial charge on any atom is 0.490 e. The molecule has 0 aliphatic rings. The van der Waals surface area contributed by atoms with Gasteiger partial charge in [-0.15, -0.1) is 0 Å². The van der Waals surface area contributed by atoms with Crippen LogP contribution in [0.3, 0.4) is 0 Å². The SMILES string of the molecule is CC(C)Nc1ncc(-c2cc(N)cc(C(=O)NCC(=O)O)c2)n(CC(=O)NCc2ccc(C(=N)N)cc2)c1=O.O=C(O)C(F)(F)F.O=C(O)C(F)(F)F. The summed E-state index contributed by atoms with van der Waals surface area (Å²) < 4.78 is 64.7. The number of halogens is 6. The molecule has 1 aromatic heterocycles. The molecule has 53 heavy (non-hydrogen) atoms. The molecule has 0 spiro atoms. The van der Waals surface area contributed by atoms with Crippen LogP contribution in [0.15, 0.2) is 53.5 Å². The molecule has 17 nitrogen and oxygen atoms in total. The number of nitrogens with one attached hydrogen (secondary N) is 4. The molecule has 2 amide bonds. The van der Waals surface area contributed by atoms with Crippen molar-refractivity contribution in [2.24, 2.45) is 5.73 Å². The Morgan fingerprint density at radius 1 is 0.887 bits per heavy atom. The quantitative estimate of drug-likeness (QED) is 0.0585. The minimum atomic E-state index is -5.08. The van der Waals surface area contributed by atoms with Crippen molar-refractivity contribution in [3.05, 3.63) is 75.7 Å². The molecule has 3 aromatic rings. The number of hydrogen-bond acceptors (Lipinski definition) is 10. The number of rotatable bonds is 11. The number of aromatic nitrogens is 2. The molecule has 288 valence electrons. The van der Waals surface area contributed by atoms with E-state index in [1.165, 1.54) is 29.0 Å². The highest BCUT2D eigenvalue weighted by Gasteiger charge is 2.38. The number of benzene rings is 2. The van der Waals surface area contributed by atoms with E-state index in [4.69, 9.17) is 41.8 Å². The van der Waals surface area contributed by atoms with Crippen LogP contribution in [0.1, 0.15) is 35.3 Å². The lowest BCUT2D eigenvalue weighted by Gasteiger charge is -2.17. The number of carboxylic acids is 3. The monoisotopic (exact) mass is 762 g/mol. The van der Waals surface area contributed by atoms with Gasteiger partial charge >= 0.3 is 30.3 Å². The number of aliphatic carboxylic acids is 3. The fourth-order valence-corrected chi connectivity index (χ4v) is 3.64. The van der Waals surface area contributed by atoms with Crippen molar-refractivity contribution in [2.75, 3.05) is 17.6 Å². The molecule has 1 heterocycles. The van der Waals surface area contributed by atoms with Crippen LogP contribution < -0.4 is 33.0 Å². The third kappa shape index (κ3) is 15.4. The van der Waals surface area contributed by atoms with E-state index in [1.54, 1.807) is 24.3 Å². The molecule has 23 heteroatoms. The lowest BCUT2D eigenvalue weighted by molar-refractivity contribution is -0.193.